The van der Waals surface area contributed by atoms with E-state index in [1.807, 2.05) is 6.92 Å². The zero-order chi connectivity index (χ0) is 19.6. The molecule has 1 aromatic heterocycles. The van der Waals surface area contributed by atoms with Crippen LogP contribution in [0.25, 0.3) is 10.9 Å². The van der Waals surface area contributed by atoms with Crippen LogP contribution in [0.4, 0.5) is 0 Å². The molecule has 3 rings (SSSR count). The van der Waals surface area contributed by atoms with E-state index in [9.17, 15) is 18.3 Å². The summed E-state index contributed by atoms with van der Waals surface area (Å²) in [5.41, 5.74) is 2.14. The molecule has 0 fully saturated rings. The first-order valence-electron chi connectivity index (χ1n) is 8.10. The number of carboxylic acid groups (broad SMARTS) is 1. The third-order valence-corrected chi connectivity index (χ3v) is 5.50. The molecular formula is C19H18N2O5S. The van der Waals surface area contributed by atoms with Gasteiger partial charge in [0, 0.05) is 11.6 Å². The third-order valence-electron chi connectivity index (χ3n) is 3.93. The van der Waals surface area contributed by atoms with Gasteiger partial charge in [-0.15, -0.1) is 0 Å². The van der Waals surface area contributed by atoms with Crippen LogP contribution in [0.2, 0.25) is 0 Å². The average molecular weight is 386 g/mol. The highest BCUT2D eigenvalue weighted by molar-refractivity contribution is 7.89. The minimum absolute atomic E-state index is 0.00524. The van der Waals surface area contributed by atoms with Crippen molar-refractivity contribution in [2.24, 2.45) is 0 Å². The molecular weight excluding hydrogens is 368 g/mol. The van der Waals surface area contributed by atoms with Crippen LogP contribution in [0, 0.1) is 13.8 Å². The van der Waals surface area contributed by atoms with E-state index in [2.05, 4.69) is 9.71 Å². The summed E-state index contributed by atoms with van der Waals surface area (Å²) in [5.74, 6) is -1.24. The summed E-state index contributed by atoms with van der Waals surface area (Å²) in [5, 5.41) is 10.2. The van der Waals surface area contributed by atoms with Crippen LogP contribution in [0.5, 0.6) is 5.75 Å². The van der Waals surface area contributed by atoms with Crippen molar-refractivity contribution in [3.8, 4) is 5.75 Å². The molecule has 1 atom stereocenters. The van der Waals surface area contributed by atoms with Crippen LogP contribution in [0.3, 0.4) is 0 Å². The maximum absolute atomic E-state index is 12.6. The molecule has 2 aromatic carbocycles. The van der Waals surface area contributed by atoms with Gasteiger partial charge in [-0.05, 0) is 49.7 Å². The number of benzene rings is 2. The van der Waals surface area contributed by atoms with E-state index in [4.69, 9.17) is 4.74 Å². The quantitative estimate of drug-likeness (QED) is 0.631. The van der Waals surface area contributed by atoms with Gasteiger partial charge in [0.05, 0.1) is 10.4 Å². The van der Waals surface area contributed by atoms with Gasteiger partial charge < -0.3 is 9.84 Å². The summed E-state index contributed by atoms with van der Waals surface area (Å²) in [6, 6.07) is 13.1. The molecule has 0 spiro atoms. The van der Waals surface area contributed by atoms with Crippen LogP contribution in [-0.4, -0.2) is 30.7 Å². The molecule has 0 saturated carbocycles. The van der Waals surface area contributed by atoms with E-state index in [1.165, 1.54) is 12.1 Å². The molecule has 2 N–H and O–H groups in total. The lowest BCUT2D eigenvalue weighted by atomic mass is 10.2. The largest absolute Gasteiger partial charge is 0.477 e. The van der Waals surface area contributed by atoms with Gasteiger partial charge in [0.15, 0.2) is 0 Å². The summed E-state index contributed by atoms with van der Waals surface area (Å²) in [6.45, 7) is 3.49. The predicted octanol–water partition coefficient (Wildman–Crippen LogP) is 2.62. The van der Waals surface area contributed by atoms with Gasteiger partial charge in [-0.3, -0.25) is 4.98 Å². The molecule has 0 radical (unpaired) electrons. The number of rotatable bonds is 6. The zero-order valence-electron chi connectivity index (χ0n) is 14.7. The van der Waals surface area contributed by atoms with Gasteiger partial charge in [-0.2, -0.15) is 4.72 Å². The van der Waals surface area contributed by atoms with Gasteiger partial charge in [-0.1, -0.05) is 23.8 Å². The zero-order valence-corrected chi connectivity index (χ0v) is 15.5. The Kier molecular flexibility index (Phi) is 5.11. The van der Waals surface area contributed by atoms with E-state index in [-0.39, 0.29) is 10.6 Å². The molecule has 7 nitrogen and oxygen atoms in total. The Labute approximate surface area is 156 Å². The van der Waals surface area contributed by atoms with Crippen molar-refractivity contribution in [2.45, 2.75) is 25.0 Å². The third kappa shape index (κ3) is 4.24. The first-order valence-corrected chi connectivity index (χ1v) is 9.58. The molecule has 3 aromatic rings. The van der Waals surface area contributed by atoms with Crippen molar-refractivity contribution in [1.29, 1.82) is 0 Å². The van der Waals surface area contributed by atoms with Gasteiger partial charge in [0.1, 0.15) is 5.75 Å². The van der Waals surface area contributed by atoms with Gasteiger partial charge in [-0.25, -0.2) is 13.2 Å². The van der Waals surface area contributed by atoms with E-state index in [0.717, 1.165) is 10.9 Å². The molecule has 0 bridgehead atoms. The molecule has 0 aliphatic heterocycles. The molecule has 8 heteroatoms. The Morgan fingerprint density at radius 3 is 2.63 bits per heavy atom. The fraction of sp³-hybridized carbons (Fsp3) is 0.158. The highest BCUT2D eigenvalue weighted by atomic mass is 32.2. The van der Waals surface area contributed by atoms with Crippen molar-refractivity contribution in [1.82, 2.24) is 9.71 Å². The number of carbonyl (C=O) groups is 1. The summed E-state index contributed by atoms with van der Waals surface area (Å²) in [4.78, 5) is 15.7. The van der Waals surface area contributed by atoms with Crippen LogP contribution in [0.1, 0.15) is 11.1 Å². The summed E-state index contributed by atoms with van der Waals surface area (Å²) >= 11 is 0. The van der Waals surface area contributed by atoms with Crippen molar-refractivity contribution >= 4 is 26.9 Å². The Hall–Kier alpha value is -2.97. The molecule has 0 aliphatic rings. The number of aliphatic carboxylic acids is 1. The summed E-state index contributed by atoms with van der Waals surface area (Å²) in [7, 11) is -4.08. The van der Waals surface area contributed by atoms with Gasteiger partial charge in [0.25, 0.3) is 6.23 Å². The van der Waals surface area contributed by atoms with Gasteiger partial charge >= 0.3 is 5.97 Å². The number of fused-ring (bicyclic) bond motifs is 1. The van der Waals surface area contributed by atoms with Crippen LogP contribution >= 0.6 is 0 Å². The molecule has 0 amide bonds. The number of nitrogens with zero attached hydrogens (tertiary/aromatic N) is 1. The van der Waals surface area contributed by atoms with Crippen LogP contribution < -0.4 is 9.46 Å². The number of pyridine rings is 1. The lowest BCUT2D eigenvalue weighted by Crippen LogP contribution is -2.45. The molecule has 0 saturated heterocycles. The summed E-state index contributed by atoms with van der Waals surface area (Å²) < 4.78 is 32.7. The maximum atomic E-state index is 12.6. The van der Waals surface area contributed by atoms with Crippen LogP contribution in [0.15, 0.2) is 59.6 Å². The second kappa shape index (κ2) is 7.34. The Balaban J connectivity index is 1.87. The Bertz CT molecular complexity index is 1110. The highest BCUT2D eigenvalue weighted by Gasteiger charge is 2.28. The molecule has 1 unspecified atom stereocenters. The number of aromatic nitrogens is 1. The first-order chi connectivity index (χ1) is 12.8. The normalized spacial score (nSPS) is 12.7. The van der Waals surface area contributed by atoms with Crippen molar-refractivity contribution in [3.63, 3.8) is 0 Å². The number of hydrogen-bond donors (Lipinski definition) is 2. The lowest BCUT2D eigenvalue weighted by Gasteiger charge is -2.18. The lowest BCUT2D eigenvalue weighted by molar-refractivity contribution is -0.145. The summed E-state index contributed by atoms with van der Waals surface area (Å²) in [6.07, 6.45) is -0.133. The monoisotopic (exact) mass is 386 g/mol. The smallest absolute Gasteiger partial charge is 0.361 e. The second-order valence-corrected chi connectivity index (χ2v) is 7.77. The molecule has 27 heavy (non-hydrogen) atoms. The standard InChI is InChI=1S/C19H18N2O5S/c1-12-5-8-17(13(2)10-12)27(24,25)21-18(19(22)23)26-15-6-7-16-14(11-15)4-3-9-20-16/h3-11,18,21H,1-2H3,(H,22,23). The van der Waals surface area contributed by atoms with Gasteiger partial charge in [0.2, 0.25) is 10.0 Å². The predicted molar refractivity (Wildman–Crippen MR) is 100 cm³/mol. The first kappa shape index (κ1) is 18.8. The fourth-order valence-corrected chi connectivity index (χ4v) is 3.98. The average Bonchev–Trinajstić information content (AvgIpc) is 2.60. The number of sulfonamides is 1. The fourth-order valence-electron chi connectivity index (χ4n) is 2.69. The van der Waals surface area contributed by atoms with E-state index < -0.39 is 22.2 Å². The molecule has 1 heterocycles. The number of ether oxygens (including phenoxy) is 1. The maximum Gasteiger partial charge on any atom is 0.361 e. The van der Waals surface area contributed by atoms with E-state index in [0.29, 0.717) is 11.1 Å². The second-order valence-electron chi connectivity index (χ2n) is 6.08. The number of carboxylic acids is 1. The van der Waals surface area contributed by atoms with E-state index in [1.54, 1.807) is 49.5 Å². The van der Waals surface area contributed by atoms with E-state index >= 15 is 0 Å². The topological polar surface area (TPSA) is 106 Å². The molecule has 140 valence electrons. The minimum Gasteiger partial charge on any atom is -0.477 e. The van der Waals surface area contributed by atoms with Crippen molar-refractivity contribution in [3.05, 3.63) is 65.9 Å². The van der Waals surface area contributed by atoms with Crippen LogP contribution in [-0.2, 0) is 14.8 Å². The Morgan fingerprint density at radius 2 is 1.93 bits per heavy atom. The minimum atomic E-state index is -4.08. The Morgan fingerprint density at radius 1 is 1.15 bits per heavy atom. The highest BCUT2D eigenvalue weighted by Crippen LogP contribution is 2.21. The van der Waals surface area contributed by atoms with Crippen molar-refractivity contribution in [2.75, 3.05) is 0 Å². The number of nitrogens with one attached hydrogen (secondary N) is 1. The SMILES string of the molecule is Cc1ccc(S(=O)(=O)NC(Oc2ccc3ncccc3c2)C(=O)O)c(C)c1. The molecule has 0 aliphatic carbocycles. The van der Waals surface area contributed by atoms with Crippen molar-refractivity contribution < 1.29 is 23.1 Å². The number of hydrogen-bond acceptors (Lipinski definition) is 5. The number of aryl methyl sites for hydroxylation is 2.